The lowest BCUT2D eigenvalue weighted by Crippen LogP contribution is -2.58. The minimum Gasteiger partial charge on any atom is -0.364 e. The van der Waals surface area contributed by atoms with Crippen molar-refractivity contribution in [3.05, 3.63) is 83.4 Å². The zero-order chi connectivity index (χ0) is 22.7. The predicted octanol–water partition coefficient (Wildman–Crippen LogP) is 3.15. The summed E-state index contributed by atoms with van der Waals surface area (Å²) in [4.78, 5) is 18.0. The van der Waals surface area contributed by atoms with Gasteiger partial charge in [0.15, 0.2) is 0 Å². The first-order valence-electron chi connectivity index (χ1n) is 10.9. The van der Waals surface area contributed by atoms with Gasteiger partial charge in [0.05, 0.1) is 24.1 Å². The molecule has 1 amide bonds. The standard InChI is InChI=1S/C24H23FN6O2/c1-16-18(14-33-27-16)13-29-9-10-31-23(32)22-8-7-21(17-11-26-28(2)12-17)30(22)15-24(29,31)19-3-5-20(25)6-4-19/h3-8,11-12,14H,9-10,13,15H2,1-2H3. The highest BCUT2D eigenvalue weighted by Crippen LogP contribution is 2.45. The molecule has 2 aliphatic rings. The number of halogens is 1. The first-order chi connectivity index (χ1) is 16.0. The van der Waals surface area contributed by atoms with E-state index in [1.165, 1.54) is 12.1 Å². The molecule has 0 spiro atoms. The van der Waals surface area contributed by atoms with Gasteiger partial charge >= 0.3 is 0 Å². The number of nitrogens with zero attached hydrogens (tertiary/aromatic N) is 6. The zero-order valence-electron chi connectivity index (χ0n) is 18.4. The van der Waals surface area contributed by atoms with E-state index < -0.39 is 5.66 Å². The molecule has 1 atom stereocenters. The summed E-state index contributed by atoms with van der Waals surface area (Å²) in [6.45, 7) is 4.25. The van der Waals surface area contributed by atoms with Crippen LogP contribution in [0.4, 0.5) is 4.39 Å². The third-order valence-electron chi connectivity index (χ3n) is 6.90. The van der Waals surface area contributed by atoms with Gasteiger partial charge in [-0.15, -0.1) is 0 Å². The van der Waals surface area contributed by atoms with Crippen LogP contribution in [0.2, 0.25) is 0 Å². The molecule has 4 aromatic rings. The summed E-state index contributed by atoms with van der Waals surface area (Å²) in [6.07, 6.45) is 5.40. The Morgan fingerprint density at radius 3 is 2.61 bits per heavy atom. The van der Waals surface area contributed by atoms with Gasteiger partial charge in [0.1, 0.15) is 23.4 Å². The van der Waals surface area contributed by atoms with Gasteiger partial charge in [-0.1, -0.05) is 17.3 Å². The number of amides is 1. The number of carbonyl (C=O) groups excluding carboxylic acids is 1. The Morgan fingerprint density at radius 2 is 1.91 bits per heavy atom. The van der Waals surface area contributed by atoms with Crippen LogP contribution in [-0.2, 0) is 25.8 Å². The van der Waals surface area contributed by atoms with Crippen molar-refractivity contribution >= 4 is 5.91 Å². The van der Waals surface area contributed by atoms with Crippen LogP contribution in [0.25, 0.3) is 11.3 Å². The van der Waals surface area contributed by atoms with Crippen LogP contribution in [0.15, 0.2) is 59.6 Å². The lowest BCUT2D eigenvalue weighted by molar-refractivity contribution is -0.0158. The smallest absolute Gasteiger partial charge is 0.272 e. The third-order valence-corrected chi connectivity index (χ3v) is 6.90. The highest BCUT2D eigenvalue weighted by Gasteiger charge is 2.54. The zero-order valence-corrected chi connectivity index (χ0v) is 18.4. The monoisotopic (exact) mass is 446 g/mol. The molecule has 0 bridgehead atoms. The summed E-state index contributed by atoms with van der Waals surface area (Å²) in [7, 11) is 1.87. The molecule has 0 radical (unpaired) electrons. The SMILES string of the molecule is Cc1nocc1CN1CCN2C(=O)c3ccc(-c4cnn(C)c4)n3CC12c1ccc(F)cc1. The largest absolute Gasteiger partial charge is 0.364 e. The summed E-state index contributed by atoms with van der Waals surface area (Å²) in [5.41, 5.74) is 4.42. The molecule has 0 aliphatic carbocycles. The first kappa shape index (κ1) is 19.9. The maximum Gasteiger partial charge on any atom is 0.272 e. The van der Waals surface area contributed by atoms with Gasteiger partial charge in [-0.2, -0.15) is 5.10 Å². The lowest BCUT2D eigenvalue weighted by Gasteiger charge is -2.47. The second kappa shape index (κ2) is 7.14. The third kappa shape index (κ3) is 2.88. The molecule has 5 heterocycles. The van der Waals surface area contributed by atoms with Crippen molar-refractivity contribution in [1.82, 2.24) is 29.3 Å². The van der Waals surface area contributed by atoms with E-state index in [2.05, 4.69) is 19.7 Å². The van der Waals surface area contributed by atoms with E-state index in [-0.39, 0.29) is 11.7 Å². The minimum absolute atomic E-state index is 0.0368. The Hall–Kier alpha value is -3.72. The molecule has 168 valence electrons. The van der Waals surface area contributed by atoms with Gasteiger partial charge in [0.25, 0.3) is 5.91 Å². The van der Waals surface area contributed by atoms with Crippen molar-refractivity contribution in [3.63, 3.8) is 0 Å². The van der Waals surface area contributed by atoms with Crippen molar-refractivity contribution < 1.29 is 13.7 Å². The molecule has 1 aromatic carbocycles. The highest BCUT2D eigenvalue weighted by molar-refractivity contribution is 5.95. The number of carbonyl (C=O) groups is 1. The molecule has 33 heavy (non-hydrogen) atoms. The van der Waals surface area contributed by atoms with Crippen LogP contribution in [0.3, 0.4) is 0 Å². The summed E-state index contributed by atoms with van der Waals surface area (Å²) in [6, 6.07) is 10.3. The number of hydrogen-bond donors (Lipinski definition) is 0. The molecule has 1 fully saturated rings. The van der Waals surface area contributed by atoms with Crippen LogP contribution in [0, 0.1) is 12.7 Å². The molecular weight excluding hydrogens is 423 g/mol. The van der Waals surface area contributed by atoms with Crippen LogP contribution < -0.4 is 0 Å². The average molecular weight is 446 g/mol. The molecule has 9 heteroatoms. The summed E-state index contributed by atoms with van der Waals surface area (Å²) in [5.74, 6) is -0.341. The second-order valence-corrected chi connectivity index (χ2v) is 8.72. The van der Waals surface area contributed by atoms with Gasteiger partial charge in [0, 0.05) is 44.0 Å². The first-order valence-corrected chi connectivity index (χ1v) is 10.9. The van der Waals surface area contributed by atoms with Crippen LogP contribution in [-0.4, -0.2) is 48.3 Å². The Balaban J connectivity index is 1.52. The predicted molar refractivity (Wildman–Crippen MR) is 117 cm³/mol. The van der Waals surface area contributed by atoms with E-state index in [9.17, 15) is 9.18 Å². The lowest BCUT2D eigenvalue weighted by atomic mass is 9.93. The van der Waals surface area contributed by atoms with Gasteiger partial charge in [-0.3, -0.25) is 14.4 Å². The van der Waals surface area contributed by atoms with Gasteiger partial charge in [0.2, 0.25) is 0 Å². The number of fused-ring (bicyclic) bond motifs is 2. The van der Waals surface area contributed by atoms with Crippen molar-refractivity contribution in [2.24, 2.45) is 7.05 Å². The minimum atomic E-state index is -0.766. The van der Waals surface area contributed by atoms with Crippen molar-refractivity contribution in [1.29, 1.82) is 0 Å². The molecule has 0 saturated carbocycles. The van der Waals surface area contributed by atoms with E-state index in [4.69, 9.17) is 4.52 Å². The van der Waals surface area contributed by atoms with Crippen LogP contribution >= 0.6 is 0 Å². The molecule has 6 rings (SSSR count). The summed E-state index contributed by atoms with van der Waals surface area (Å²) < 4.78 is 22.9. The topological polar surface area (TPSA) is 72.3 Å². The van der Waals surface area contributed by atoms with E-state index in [0.29, 0.717) is 31.9 Å². The van der Waals surface area contributed by atoms with Crippen molar-refractivity contribution in [2.75, 3.05) is 13.1 Å². The number of aromatic nitrogens is 4. The quantitative estimate of drug-likeness (QED) is 0.482. The van der Waals surface area contributed by atoms with Crippen LogP contribution in [0.1, 0.15) is 27.3 Å². The number of benzene rings is 1. The van der Waals surface area contributed by atoms with Crippen molar-refractivity contribution in [3.8, 4) is 11.3 Å². The summed E-state index contributed by atoms with van der Waals surface area (Å²) in [5, 5.41) is 8.33. The molecule has 8 nitrogen and oxygen atoms in total. The number of hydrogen-bond acceptors (Lipinski definition) is 5. The van der Waals surface area contributed by atoms with Crippen LogP contribution in [0.5, 0.6) is 0 Å². The Labute approximate surface area is 189 Å². The van der Waals surface area contributed by atoms with E-state index in [0.717, 1.165) is 28.1 Å². The normalized spacial score (nSPS) is 20.3. The maximum atomic E-state index is 13.9. The average Bonchev–Trinajstić information content (AvgIpc) is 3.57. The van der Waals surface area contributed by atoms with Gasteiger partial charge in [-0.05, 0) is 36.8 Å². The molecule has 1 saturated heterocycles. The van der Waals surface area contributed by atoms with E-state index >= 15 is 0 Å². The molecule has 3 aromatic heterocycles. The highest BCUT2D eigenvalue weighted by atomic mass is 19.1. The van der Waals surface area contributed by atoms with Crippen molar-refractivity contribution in [2.45, 2.75) is 25.7 Å². The fourth-order valence-corrected chi connectivity index (χ4v) is 5.23. The maximum absolute atomic E-state index is 13.9. The number of rotatable bonds is 4. The molecule has 1 unspecified atom stereocenters. The van der Waals surface area contributed by atoms with E-state index in [1.54, 1.807) is 29.3 Å². The van der Waals surface area contributed by atoms with Gasteiger partial charge < -0.3 is 14.0 Å². The Bertz CT molecular complexity index is 1350. The van der Waals surface area contributed by atoms with E-state index in [1.807, 2.05) is 37.2 Å². The molecule has 0 N–H and O–H groups in total. The number of aryl methyl sites for hydroxylation is 2. The van der Waals surface area contributed by atoms with Gasteiger partial charge in [-0.25, -0.2) is 4.39 Å². The Morgan fingerprint density at radius 1 is 1.12 bits per heavy atom. The fourth-order valence-electron chi connectivity index (χ4n) is 5.23. The molecular formula is C24H23FN6O2. The Kier molecular flexibility index (Phi) is 4.31. The second-order valence-electron chi connectivity index (χ2n) is 8.72. The molecule has 2 aliphatic heterocycles. The summed E-state index contributed by atoms with van der Waals surface area (Å²) >= 11 is 0. The fraction of sp³-hybridized carbons (Fsp3) is 0.292.